The number of fused-ring (bicyclic) bond motifs is 1. The molecule has 0 aromatic carbocycles. The number of nitrogens with zero attached hydrogens (tertiary/aromatic N) is 1. The van der Waals surface area contributed by atoms with Gasteiger partial charge in [-0.1, -0.05) is 6.07 Å². The molecule has 0 atom stereocenters. The van der Waals surface area contributed by atoms with E-state index in [1.165, 1.54) is 7.11 Å². The van der Waals surface area contributed by atoms with Crippen molar-refractivity contribution in [3.05, 3.63) is 30.4 Å². The summed E-state index contributed by atoms with van der Waals surface area (Å²) in [7, 11) is 0.927. The van der Waals surface area contributed by atoms with Gasteiger partial charge in [-0.05, 0) is 33.8 Å². The van der Waals surface area contributed by atoms with Gasteiger partial charge in [0.25, 0.3) is 5.69 Å². The monoisotopic (exact) mass is 303 g/mol. The Morgan fingerprint density at radius 3 is 2.45 bits per heavy atom. The largest absolute Gasteiger partial charge is 0.498 e. The number of aromatic nitrogens is 2. The summed E-state index contributed by atoms with van der Waals surface area (Å²) < 4.78 is 18.7. The van der Waals surface area contributed by atoms with Gasteiger partial charge < -0.3 is 14.0 Å². The van der Waals surface area contributed by atoms with Crippen LogP contribution in [0.25, 0.3) is 5.52 Å². The molecule has 7 heteroatoms. The van der Waals surface area contributed by atoms with E-state index in [0.29, 0.717) is 5.69 Å². The molecular weight excluding hydrogens is 283 g/mol. The number of carbonyl (C=O) groups excluding carboxylic acids is 1. The first-order valence-electron chi connectivity index (χ1n) is 7.21. The highest BCUT2D eigenvalue weighted by Gasteiger charge is 2.52. The van der Waals surface area contributed by atoms with Crippen LogP contribution in [0.1, 0.15) is 38.2 Å². The van der Waals surface area contributed by atoms with Gasteiger partial charge in [-0.3, -0.25) is 0 Å². The lowest BCUT2D eigenvalue weighted by Crippen LogP contribution is -2.41. The fourth-order valence-corrected chi connectivity index (χ4v) is 2.45. The maximum atomic E-state index is 11.7. The minimum atomic E-state index is -0.432. The van der Waals surface area contributed by atoms with Crippen molar-refractivity contribution >= 4 is 24.1 Å². The summed E-state index contributed by atoms with van der Waals surface area (Å²) in [4.78, 5) is 14.6. The minimum absolute atomic E-state index is 0.382. The Morgan fingerprint density at radius 1 is 1.23 bits per heavy atom. The molecule has 116 valence electrons. The lowest BCUT2D eigenvalue weighted by Gasteiger charge is -2.32. The first-order chi connectivity index (χ1) is 10.2. The van der Waals surface area contributed by atoms with E-state index in [-0.39, 0.29) is 11.2 Å². The molecule has 2 aromatic heterocycles. The van der Waals surface area contributed by atoms with Gasteiger partial charge in [0, 0.05) is 5.46 Å². The van der Waals surface area contributed by atoms with Crippen LogP contribution in [0.15, 0.2) is 24.7 Å². The fraction of sp³-hybridized carbons (Fsp3) is 0.467. The smallest absolute Gasteiger partial charge is 0.463 e. The molecule has 1 fully saturated rings. The van der Waals surface area contributed by atoms with E-state index in [2.05, 4.69) is 4.98 Å². The molecule has 1 aliphatic rings. The molecule has 0 radical (unpaired) electrons. The summed E-state index contributed by atoms with van der Waals surface area (Å²) in [6.07, 6.45) is 3.59. The minimum Gasteiger partial charge on any atom is -0.463 e. The number of esters is 1. The highest BCUT2D eigenvalue weighted by atomic mass is 16.7. The van der Waals surface area contributed by atoms with Gasteiger partial charge in [0.15, 0.2) is 5.52 Å². The second-order valence-corrected chi connectivity index (χ2v) is 6.48. The average Bonchev–Trinajstić information content (AvgIpc) is 2.96. The van der Waals surface area contributed by atoms with Crippen molar-refractivity contribution in [2.24, 2.45) is 0 Å². The summed E-state index contributed by atoms with van der Waals surface area (Å²) in [6, 6.07) is 3.75. The number of carbonyl (C=O) groups is 1. The molecule has 0 unspecified atom stereocenters. The van der Waals surface area contributed by atoms with Crippen LogP contribution in [0.2, 0.25) is 0 Å². The van der Waals surface area contributed by atoms with Crippen LogP contribution in [0.4, 0.5) is 0 Å². The second-order valence-electron chi connectivity index (χ2n) is 6.48. The number of aromatic amines is 1. The van der Waals surface area contributed by atoms with E-state index in [0.717, 1.165) is 11.0 Å². The molecule has 22 heavy (non-hydrogen) atoms. The van der Waals surface area contributed by atoms with Crippen molar-refractivity contribution in [3.63, 3.8) is 0 Å². The first kappa shape index (κ1) is 15.1. The lowest BCUT2D eigenvalue weighted by molar-refractivity contribution is -0.510. The van der Waals surface area contributed by atoms with E-state index in [1.54, 1.807) is 6.33 Å². The molecule has 2 aromatic rings. The summed E-state index contributed by atoms with van der Waals surface area (Å²) in [6.45, 7) is 8.07. The molecule has 1 aliphatic heterocycles. The highest BCUT2D eigenvalue weighted by Crippen LogP contribution is 2.36. The van der Waals surface area contributed by atoms with Crippen molar-refractivity contribution in [1.82, 2.24) is 4.98 Å². The Labute approximate surface area is 129 Å². The van der Waals surface area contributed by atoms with Crippen LogP contribution < -0.4 is 9.86 Å². The number of imidazole rings is 1. The third-order valence-electron chi connectivity index (χ3n) is 4.52. The Hall–Kier alpha value is -1.86. The zero-order valence-corrected chi connectivity index (χ0v) is 13.5. The van der Waals surface area contributed by atoms with Gasteiger partial charge in [-0.25, -0.2) is 14.2 Å². The Balaban J connectivity index is 1.96. The number of hydrogen-bond donors (Lipinski definition) is 1. The molecule has 0 amide bonds. The average molecular weight is 303 g/mol. The van der Waals surface area contributed by atoms with Crippen LogP contribution in [0.3, 0.4) is 0 Å². The number of pyridine rings is 1. The Bertz CT molecular complexity index is 722. The van der Waals surface area contributed by atoms with Crippen molar-refractivity contribution in [3.8, 4) is 0 Å². The fourth-order valence-electron chi connectivity index (χ4n) is 2.45. The molecule has 0 saturated carbocycles. The van der Waals surface area contributed by atoms with Crippen LogP contribution in [0.5, 0.6) is 0 Å². The molecule has 0 bridgehead atoms. The molecule has 3 heterocycles. The molecule has 1 N–H and O–H groups in total. The van der Waals surface area contributed by atoms with E-state index in [9.17, 15) is 4.79 Å². The SMILES string of the molecule is COC(=O)c1[nH]c[n+]2cc(B3OC(C)(C)C(C)(C)O3)ccc12. The predicted octanol–water partition coefficient (Wildman–Crippen LogP) is 0.839. The highest BCUT2D eigenvalue weighted by molar-refractivity contribution is 6.61. The predicted molar refractivity (Wildman–Crippen MR) is 81.0 cm³/mol. The maximum absolute atomic E-state index is 11.7. The number of methoxy groups -OCH3 is 1. The normalized spacial score (nSPS) is 19.6. The third-order valence-corrected chi connectivity index (χ3v) is 4.52. The second kappa shape index (κ2) is 4.82. The zero-order valence-electron chi connectivity index (χ0n) is 13.5. The van der Waals surface area contributed by atoms with Crippen molar-refractivity contribution in [2.75, 3.05) is 7.11 Å². The molecule has 0 spiro atoms. The Morgan fingerprint density at radius 2 is 1.86 bits per heavy atom. The maximum Gasteiger partial charge on any atom is 0.498 e. The molecule has 3 rings (SSSR count). The van der Waals surface area contributed by atoms with E-state index in [4.69, 9.17) is 14.0 Å². The number of rotatable bonds is 2. The van der Waals surface area contributed by atoms with E-state index >= 15 is 0 Å². The molecular formula is C15H20BN2O4+. The topological polar surface area (TPSA) is 64.7 Å². The van der Waals surface area contributed by atoms with Crippen LogP contribution >= 0.6 is 0 Å². The Kier molecular flexibility index (Phi) is 3.30. The standard InChI is InChI=1S/C15H19BN2O4/c1-14(2)15(3,4)22-16(21-14)10-6-7-11-12(13(19)20-5)17-9-18(11)8-10/h6-9H,1-5H3/p+1. The quantitative estimate of drug-likeness (QED) is 0.507. The van der Waals surface area contributed by atoms with Gasteiger partial charge in [0.2, 0.25) is 6.33 Å². The molecule has 6 nitrogen and oxygen atoms in total. The third kappa shape index (κ3) is 2.21. The van der Waals surface area contributed by atoms with Gasteiger partial charge in [0.1, 0.15) is 0 Å². The van der Waals surface area contributed by atoms with Crippen LogP contribution in [-0.2, 0) is 14.0 Å². The van der Waals surface area contributed by atoms with Crippen molar-refractivity contribution in [1.29, 1.82) is 0 Å². The van der Waals surface area contributed by atoms with Gasteiger partial charge >= 0.3 is 13.1 Å². The molecule has 1 saturated heterocycles. The van der Waals surface area contributed by atoms with Crippen LogP contribution in [0, 0.1) is 0 Å². The van der Waals surface area contributed by atoms with Gasteiger partial charge in [-0.2, -0.15) is 0 Å². The molecule has 0 aliphatic carbocycles. The van der Waals surface area contributed by atoms with Crippen molar-refractivity contribution in [2.45, 2.75) is 38.9 Å². The zero-order chi connectivity index (χ0) is 16.1. The first-order valence-corrected chi connectivity index (χ1v) is 7.21. The van der Waals surface area contributed by atoms with Crippen molar-refractivity contribution < 1.29 is 23.2 Å². The van der Waals surface area contributed by atoms with Gasteiger partial charge in [-0.15, -0.1) is 0 Å². The number of hydrogen-bond acceptors (Lipinski definition) is 4. The summed E-state index contributed by atoms with van der Waals surface area (Å²) in [5, 5.41) is 0. The number of ether oxygens (including phenoxy) is 1. The number of H-pyrrole nitrogens is 1. The lowest BCUT2D eigenvalue weighted by atomic mass is 9.80. The van der Waals surface area contributed by atoms with E-state index in [1.807, 2.05) is 50.4 Å². The summed E-state index contributed by atoms with van der Waals surface area (Å²) >= 11 is 0. The van der Waals surface area contributed by atoms with E-state index < -0.39 is 13.1 Å². The van der Waals surface area contributed by atoms with Crippen LogP contribution in [-0.4, -0.2) is 36.4 Å². The van der Waals surface area contributed by atoms with Gasteiger partial charge in [0.05, 0.1) is 24.5 Å². The summed E-state index contributed by atoms with van der Waals surface area (Å²) in [5.41, 5.74) is 1.29. The number of nitrogens with one attached hydrogen (secondary N) is 1. The summed E-state index contributed by atoms with van der Waals surface area (Å²) in [5.74, 6) is -0.397.